The summed E-state index contributed by atoms with van der Waals surface area (Å²) in [4.78, 5) is 12.6. The first kappa shape index (κ1) is 19.5. The highest BCUT2D eigenvalue weighted by Crippen LogP contribution is 2.32. The first-order valence-electron chi connectivity index (χ1n) is 8.60. The second kappa shape index (κ2) is 7.40. The smallest absolute Gasteiger partial charge is 0.405 e. The van der Waals surface area contributed by atoms with Gasteiger partial charge >= 0.3 is 6.18 Å². The SMILES string of the molecule is Cc1oc2ccc(OCC3CC3)cc2c1C(=O)NC(CO)C(N)C(F)(F)F. The number of carbonyl (C=O) groups is 1. The molecule has 0 spiro atoms. The van der Waals surface area contributed by atoms with Gasteiger partial charge in [-0.3, -0.25) is 4.79 Å². The zero-order valence-electron chi connectivity index (χ0n) is 14.7. The third-order valence-electron chi connectivity index (χ3n) is 4.57. The molecule has 1 saturated carbocycles. The summed E-state index contributed by atoms with van der Waals surface area (Å²) < 4.78 is 49.6. The van der Waals surface area contributed by atoms with E-state index < -0.39 is 30.8 Å². The maximum atomic E-state index is 12.8. The summed E-state index contributed by atoms with van der Waals surface area (Å²) in [5.74, 6) is 0.544. The molecule has 1 fully saturated rings. The minimum absolute atomic E-state index is 0.0923. The summed E-state index contributed by atoms with van der Waals surface area (Å²) >= 11 is 0. The molecule has 27 heavy (non-hydrogen) atoms. The zero-order chi connectivity index (χ0) is 19.8. The van der Waals surface area contributed by atoms with Crippen LogP contribution in [-0.4, -0.2) is 42.5 Å². The lowest BCUT2D eigenvalue weighted by Crippen LogP contribution is -2.56. The van der Waals surface area contributed by atoms with E-state index in [-0.39, 0.29) is 11.3 Å². The van der Waals surface area contributed by atoms with Crippen LogP contribution >= 0.6 is 0 Å². The van der Waals surface area contributed by atoms with Crippen LogP contribution in [0.4, 0.5) is 13.2 Å². The summed E-state index contributed by atoms with van der Waals surface area (Å²) in [6.45, 7) is 1.17. The molecule has 0 aliphatic heterocycles. The lowest BCUT2D eigenvalue weighted by Gasteiger charge is -2.25. The van der Waals surface area contributed by atoms with Gasteiger partial charge in [-0.05, 0) is 43.9 Å². The number of alkyl halides is 3. The van der Waals surface area contributed by atoms with E-state index in [4.69, 9.17) is 14.9 Å². The predicted molar refractivity (Wildman–Crippen MR) is 91.5 cm³/mol. The third-order valence-corrected chi connectivity index (χ3v) is 4.57. The lowest BCUT2D eigenvalue weighted by atomic mass is 10.1. The number of hydrogen-bond acceptors (Lipinski definition) is 5. The number of carbonyl (C=O) groups excluding carboxylic acids is 1. The molecule has 4 N–H and O–H groups in total. The number of aliphatic hydroxyl groups excluding tert-OH is 1. The van der Waals surface area contributed by atoms with Crippen LogP contribution in [0.25, 0.3) is 11.0 Å². The Morgan fingerprint density at radius 1 is 1.44 bits per heavy atom. The Morgan fingerprint density at radius 3 is 2.74 bits per heavy atom. The molecule has 0 radical (unpaired) electrons. The van der Waals surface area contributed by atoms with Crippen LogP contribution in [0.15, 0.2) is 22.6 Å². The van der Waals surface area contributed by atoms with Gasteiger partial charge in [0.2, 0.25) is 0 Å². The summed E-state index contributed by atoms with van der Waals surface area (Å²) in [7, 11) is 0. The van der Waals surface area contributed by atoms with E-state index in [1.54, 1.807) is 18.2 Å². The van der Waals surface area contributed by atoms with Gasteiger partial charge in [0.25, 0.3) is 5.91 Å². The Labute approximate surface area is 153 Å². The second-order valence-corrected chi connectivity index (χ2v) is 6.78. The Hall–Kier alpha value is -2.26. The van der Waals surface area contributed by atoms with E-state index in [0.29, 0.717) is 29.2 Å². The number of aryl methyl sites for hydroxylation is 1. The van der Waals surface area contributed by atoms with E-state index >= 15 is 0 Å². The van der Waals surface area contributed by atoms with Gasteiger partial charge in [0.1, 0.15) is 23.1 Å². The molecule has 1 heterocycles. The Balaban J connectivity index is 1.83. The normalized spacial score (nSPS) is 17.0. The Kier molecular flexibility index (Phi) is 5.34. The molecule has 0 bridgehead atoms. The number of rotatable bonds is 7. The molecule has 2 unspecified atom stereocenters. The van der Waals surface area contributed by atoms with Crippen LogP contribution in [0.5, 0.6) is 5.75 Å². The number of nitrogens with two attached hydrogens (primary N) is 1. The molecule has 9 heteroatoms. The van der Waals surface area contributed by atoms with Crippen molar-refractivity contribution in [3.63, 3.8) is 0 Å². The monoisotopic (exact) mass is 386 g/mol. The van der Waals surface area contributed by atoms with Gasteiger partial charge in [-0.2, -0.15) is 13.2 Å². The van der Waals surface area contributed by atoms with E-state index in [2.05, 4.69) is 5.32 Å². The van der Waals surface area contributed by atoms with Crippen LogP contribution in [0.2, 0.25) is 0 Å². The van der Waals surface area contributed by atoms with Crippen LogP contribution < -0.4 is 15.8 Å². The minimum Gasteiger partial charge on any atom is -0.493 e. The number of furan rings is 1. The summed E-state index contributed by atoms with van der Waals surface area (Å²) in [6.07, 6.45) is -2.50. The third kappa shape index (κ3) is 4.36. The number of fused-ring (bicyclic) bond motifs is 1. The van der Waals surface area contributed by atoms with Crippen LogP contribution in [0.1, 0.15) is 29.0 Å². The number of benzene rings is 1. The number of aliphatic hydroxyl groups is 1. The van der Waals surface area contributed by atoms with Crippen molar-refractivity contribution in [1.29, 1.82) is 0 Å². The highest BCUT2D eigenvalue weighted by molar-refractivity contribution is 6.07. The van der Waals surface area contributed by atoms with Crippen LogP contribution in [-0.2, 0) is 0 Å². The molecule has 2 aromatic rings. The predicted octanol–water partition coefficient (Wildman–Crippen LogP) is 2.51. The number of halogens is 3. The summed E-state index contributed by atoms with van der Waals surface area (Å²) in [6, 6.07) is 0.928. The topological polar surface area (TPSA) is 97.7 Å². The number of ether oxygens (including phenoxy) is 1. The lowest BCUT2D eigenvalue weighted by molar-refractivity contribution is -0.155. The van der Waals surface area contributed by atoms with Gasteiger partial charge in [-0.25, -0.2) is 0 Å². The van der Waals surface area contributed by atoms with Crippen molar-refractivity contribution in [3.8, 4) is 5.75 Å². The average molecular weight is 386 g/mol. The first-order chi connectivity index (χ1) is 12.7. The highest BCUT2D eigenvalue weighted by Gasteiger charge is 2.42. The molecule has 0 saturated heterocycles. The molecule has 1 aromatic heterocycles. The van der Waals surface area contributed by atoms with E-state index in [0.717, 1.165) is 12.8 Å². The van der Waals surface area contributed by atoms with E-state index in [1.807, 2.05) is 0 Å². The fourth-order valence-electron chi connectivity index (χ4n) is 2.79. The molecule has 1 amide bonds. The number of nitrogens with one attached hydrogen (secondary N) is 1. The van der Waals surface area contributed by atoms with Crippen LogP contribution in [0.3, 0.4) is 0 Å². The average Bonchev–Trinajstić information content (AvgIpc) is 3.37. The van der Waals surface area contributed by atoms with Crippen molar-refractivity contribution in [2.45, 2.75) is 38.0 Å². The van der Waals surface area contributed by atoms with Gasteiger partial charge < -0.3 is 25.3 Å². The van der Waals surface area contributed by atoms with Crippen molar-refractivity contribution in [2.75, 3.05) is 13.2 Å². The Morgan fingerprint density at radius 2 is 2.15 bits per heavy atom. The number of hydrogen-bond donors (Lipinski definition) is 3. The van der Waals surface area contributed by atoms with Gasteiger partial charge in [0, 0.05) is 5.39 Å². The molecular weight excluding hydrogens is 365 g/mol. The Bertz CT molecular complexity index is 830. The fourth-order valence-corrected chi connectivity index (χ4v) is 2.79. The number of amides is 1. The fraction of sp³-hybridized carbons (Fsp3) is 0.500. The van der Waals surface area contributed by atoms with Gasteiger partial charge in [-0.15, -0.1) is 0 Å². The summed E-state index contributed by atoms with van der Waals surface area (Å²) in [5.41, 5.74) is 5.62. The van der Waals surface area contributed by atoms with Crippen molar-refractivity contribution in [2.24, 2.45) is 11.7 Å². The maximum absolute atomic E-state index is 12.8. The molecular formula is C18H21F3N2O4. The minimum atomic E-state index is -4.75. The quantitative estimate of drug-likeness (QED) is 0.679. The van der Waals surface area contributed by atoms with E-state index in [9.17, 15) is 23.1 Å². The van der Waals surface area contributed by atoms with E-state index in [1.165, 1.54) is 6.92 Å². The van der Waals surface area contributed by atoms with Gasteiger partial charge in [0.05, 0.1) is 24.8 Å². The van der Waals surface area contributed by atoms with Crippen molar-refractivity contribution < 1.29 is 32.2 Å². The maximum Gasteiger partial charge on any atom is 0.405 e. The van der Waals surface area contributed by atoms with Crippen molar-refractivity contribution in [3.05, 3.63) is 29.5 Å². The largest absolute Gasteiger partial charge is 0.493 e. The molecule has 6 nitrogen and oxygen atoms in total. The zero-order valence-corrected chi connectivity index (χ0v) is 14.7. The second-order valence-electron chi connectivity index (χ2n) is 6.78. The molecule has 1 aliphatic carbocycles. The van der Waals surface area contributed by atoms with Crippen molar-refractivity contribution in [1.82, 2.24) is 5.32 Å². The molecule has 148 valence electrons. The highest BCUT2D eigenvalue weighted by atomic mass is 19.4. The molecule has 2 atom stereocenters. The van der Waals surface area contributed by atoms with Crippen molar-refractivity contribution >= 4 is 16.9 Å². The van der Waals surface area contributed by atoms with Crippen LogP contribution in [0, 0.1) is 12.8 Å². The standard InChI is InChI=1S/C18H21F3N2O4/c1-9-15(17(25)23-13(7-24)16(22)18(19,20)21)12-6-11(4-5-14(12)27-9)26-8-10-2-3-10/h4-6,10,13,16,24H,2-3,7-8,22H2,1H3,(H,23,25). The first-order valence-corrected chi connectivity index (χ1v) is 8.60. The van der Waals surface area contributed by atoms with Gasteiger partial charge in [0.15, 0.2) is 0 Å². The molecule has 1 aromatic carbocycles. The summed E-state index contributed by atoms with van der Waals surface area (Å²) in [5, 5.41) is 11.8. The molecule has 3 rings (SSSR count). The van der Waals surface area contributed by atoms with Gasteiger partial charge in [-0.1, -0.05) is 0 Å². The molecule has 1 aliphatic rings.